The smallest absolute Gasteiger partial charge is 0.242 e. The maximum absolute atomic E-state index is 12.9. The van der Waals surface area contributed by atoms with Gasteiger partial charge in [-0.15, -0.1) is 0 Å². The molecule has 3 aliphatic rings. The van der Waals surface area contributed by atoms with Crippen LogP contribution in [0.2, 0.25) is 0 Å². The lowest BCUT2D eigenvalue weighted by Crippen LogP contribution is -2.58. The topological polar surface area (TPSA) is 86.1 Å². The Kier molecular flexibility index (Phi) is 5.66. The second kappa shape index (κ2) is 8.34. The highest BCUT2D eigenvalue weighted by Crippen LogP contribution is 2.25. The van der Waals surface area contributed by atoms with Gasteiger partial charge < -0.3 is 19.5 Å². The third-order valence-electron chi connectivity index (χ3n) is 6.15. The van der Waals surface area contributed by atoms with Crippen LogP contribution in [0.1, 0.15) is 37.7 Å². The second-order valence-electron chi connectivity index (χ2n) is 7.95. The van der Waals surface area contributed by atoms with Crippen molar-refractivity contribution in [1.82, 2.24) is 20.0 Å². The van der Waals surface area contributed by atoms with E-state index < -0.39 is 6.04 Å². The van der Waals surface area contributed by atoms with Gasteiger partial charge in [-0.2, -0.15) is 0 Å². The number of carbonyl (C=O) groups excluding carboxylic acids is 3. The van der Waals surface area contributed by atoms with Crippen LogP contribution in [0, 0.1) is 0 Å². The lowest BCUT2D eigenvalue weighted by molar-refractivity contribution is -0.148. The number of hydrogen-bond donors (Lipinski definition) is 1. The normalized spacial score (nSPS) is 24.6. The van der Waals surface area contributed by atoms with Crippen molar-refractivity contribution in [2.24, 2.45) is 0 Å². The summed E-state index contributed by atoms with van der Waals surface area (Å²) in [5, 5.41) is 2.85. The van der Waals surface area contributed by atoms with Crippen LogP contribution in [0.5, 0.6) is 0 Å². The highest BCUT2D eigenvalue weighted by molar-refractivity contribution is 5.91. The van der Waals surface area contributed by atoms with Gasteiger partial charge in [0.2, 0.25) is 17.7 Å². The van der Waals surface area contributed by atoms with Crippen LogP contribution >= 0.6 is 0 Å². The number of amides is 3. The van der Waals surface area contributed by atoms with Gasteiger partial charge in [-0.05, 0) is 18.9 Å². The fraction of sp³-hybridized carbons (Fsp3) is 0.650. The van der Waals surface area contributed by atoms with Gasteiger partial charge in [-0.25, -0.2) is 0 Å². The Morgan fingerprint density at radius 2 is 2.00 bits per heavy atom. The van der Waals surface area contributed by atoms with Crippen molar-refractivity contribution in [3.05, 3.63) is 24.2 Å². The number of rotatable bonds is 5. The van der Waals surface area contributed by atoms with E-state index in [1.54, 1.807) is 17.4 Å². The summed E-state index contributed by atoms with van der Waals surface area (Å²) < 4.78 is 5.11. The minimum absolute atomic E-state index is 0.0369. The van der Waals surface area contributed by atoms with E-state index in [4.69, 9.17) is 4.42 Å². The summed E-state index contributed by atoms with van der Waals surface area (Å²) in [6.45, 7) is 3.10. The van der Waals surface area contributed by atoms with Crippen LogP contribution in [-0.4, -0.2) is 77.2 Å². The Morgan fingerprint density at radius 3 is 2.71 bits per heavy atom. The third-order valence-corrected chi connectivity index (χ3v) is 6.15. The van der Waals surface area contributed by atoms with Crippen LogP contribution in [0.3, 0.4) is 0 Å². The minimum Gasteiger partial charge on any atom is -0.472 e. The van der Waals surface area contributed by atoms with E-state index >= 15 is 0 Å². The predicted octanol–water partition coefficient (Wildman–Crippen LogP) is 0.584. The number of piperazine rings is 2. The molecule has 0 unspecified atom stereocenters. The SMILES string of the molecule is O=C1NCCN(Cc2ccoc2)[C@@H]1CC(=O)N1CCN(C2CCCC2)C(=O)C1. The summed E-state index contributed by atoms with van der Waals surface area (Å²) >= 11 is 0. The number of nitrogens with one attached hydrogen (secondary N) is 1. The van der Waals surface area contributed by atoms with Crippen molar-refractivity contribution in [3.8, 4) is 0 Å². The Labute approximate surface area is 164 Å². The molecule has 3 amide bonds. The van der Waals surface area contributed by atoms with Crippen molar-refractivity contribution in [2.75, 3.05) is 32.7 Å². The molecule has 1 atom stereocenters. The molecule has 3 heterocycles. The molecule has 2 saturated heterocycles. The Bertz CT molecular complexity index is 714. The maximum Gasteiger partial charge on any atom is 0.242 e. The number of hydrogen-bond acceptors (Lipinski definition) is 5. The van der Waals surface area contributed by atoms with Gasteiger partial charge in [-0.1, -0.05) is 12.8 Å². The summed E-state index contributed by atoms with van der Waals surface area (Å²) in [5.41, 5.74) is 0.979. The average Bonchev–Trinajstić information content (AvgIpc) is 3.38. The first kappa shape index (κ1) is 19.0. The van der Waals surface area contributed by atoms with E-state index in [2.05, 4.69) is 5.32 Å². The molecule has 0 radical (unpaired) electrons. The van der Waals surface area contributed by atoms with E-state index in [9.17, 15) is 14.4 Å². The van der Waals surface area contributed by atoms with Crippen molar-refractivity contribution in [2.45, 2.75) is 50.7 Å². The first-order chi connectivity index (χ1) is 13.6. The molecule has 2 aliphatic heterocycles. The second-order valence-corrected chi connectivity index (χ2v) is 7.95. The lowest BCUT2D eigenvalue weighted by atomic mass is 10.1. The van der Waals surface area contributed by atoms with Gasteiger partial charge >= 0.3 is 0 Å². The van der Waals surface area contributed by atoms with Gasteiger partial charge in [0, 0.05) is 44.3 Å². The van der Waals surface area contributed by atoms with Gasteiger partial charge in [0.15, 0.2) is 0 Å². The molecule has 4 rings (SSSR count). The van der Waals surface area contributed by atoms with Crippen LogP contribution in [0.4, 0.5) is 0 Å². The molecule has 1 aromatic rings. The quantitative estimate of drug-likeness (QED) is 0.798. The fourth-order valence-corrected chi connectivity index (χ4v) is 4.59. The van der Waals surface area contributed by atoms with Crippen LogP contribution in [0.25, 0.3) is 0 Å². The van der Waals surface area contributed by atoms with Gasteiger partial charge in [-0.3, -0.25) is 19.3 Å². The molecule has 8 nitrogen and oxygen atoms in total. The lowest BCUT2D eigenvalue weighted by Gasteiger charge is -2.39. The van der Waals surface area contributed by atoms with E-state index in [-0.39, 0.29) is 30.7 Å². The number of furan rings is 1. The minimum atomic E-state index is -0.515. The first-order valence-corrected chi connectivity index (χ1v) is 10.2. The maximum atomic E-state index is 12.9. The zero-order valence-electron chi connectivity index (χ0n) is 16.1. The molecule has 0 aromatic carbocycles. The largest absolute Gasteiger partial charge is 0.472 e. The van der Waals surface area contributed by atoms with Gasteiger partial charge in [0.05, 0.1) is 31.5 Å². The van der Waals surface area contributed by atoms with E-state index in [1.807, 2.05) is 15.9 Å². The predicted molar refractivity (Wildman–Crippen MR) is 101 cm³/mol. The van der Waals surface area contributed by atoms with E-state index in [0.717, 1.165) is 18.4 Å². The molecule has 8 heteroatoms. The Balaban J connectivity index is 1.36. The molecular formula is C20H28N4O4. The zero-order chi connectivity index (χ0) is 19.5. The van der Waals surface area contributed by atoms with Crippen molar-refractivity contribution in [1.29, 1.82) is 0 Å². The summed E-state index contributed by atoms with van der Waals surface area (Å²) in [6, 6.07) is 1.70. The van der Waals surface area contributed by atoms with Crippen LogP contribution in [0.15, 0.2) is 23.0 Å². The third kappa shape index (κ3) is 4.06. The monoisotopic (exact) mass is 388 g/mol. The molecular weight excluding hydrogens is 360 g/mol. The highest BCUT2D eigenvalue weighted by Gasteiger charge is 2.36. The van der Waals surface area contributed by atoms with E-state index in [1.165, 1.54) is 12.8 Å². The zero-order valence-corrected chi connectivity index (χ0v) is 16.1. The highest BCUT2D eigenvalue weighted by atomic mass is 16.3. The van der Waals surface area contributed by atoms with Crippen molar-refractivity contribution >= 4 is 17.7 Å². The standard InChI is InChI=1S/C20H28N4O4/c25-18(23-8-9-24(19(26)13-23)16-3-1-2-4-16)11-17-20(27)21-6-7-22(17)12-15-5-10-28-14-15/h5,10,14,16-17H,1-4,6-9,11-13H2,(H,21,27)/t17-/m1/s1. The van der Waals surface area contributed by atoms with Gasteiger partial charge in [0.1, 0.15) is 0 Å². The van der Waals surface area contributed by atoms with Crippen molar-refractivity contribution in [3.63, 3.8) is 0 Å². The first-order valence-electron chi connectivity index (χ1n) is 10.2. The molecule has 3 fully saturated rings. The Morgan fingerprint density at radius 1 is 1.18 bits per heavy atom. The molecule has 0 bridgehead atoms. The Hall–Kier alpha value is -2.35. The van der Waals surface area contributed by atoms with Crippen LogP contribution in [-0.2, 0) is 20.9 Å². The summed E-state index contributed by atoms with van der Waals surface area (Å²) in [6.07, 6.45) is 7.87. The average molecular weight is 388 g/mol. The van der Waals surface area contributed by atoms with Crippen LogP contribution < -0.4 is 5.32 Å². The molecule has 1 aliphatic carbocycles. The molecule has 152 valence electrons. The molecule has 0 spiro atoms. The molecule has 1 saturated carbocycles. The van der Waals surface area contributed by atoms with E-state index in [0.29, 0.717) is 38.8 Å². The fourth-order valence-electron chi connectivity index (χ4n) is 4.59. The number of nitrogens with zero attached hydrogens (tertiary/aromatic N) is 3. The number of carbonyl (C=O) groups is 3. The summed E-state index contributed by atoms with van der Waals surface area (Å²) in [7, 11) is 0. The van der Waals surface area contributed by atoms with Crippen molar-refractivity contribution < 1.29 is 18.8 Å². The summed E-state index contributed by atoms with van der Waals surface area (Å²) in [5.74, 6) is -0.215. The van der Waals surface area contributed by atoms with Gasteiger partial charge in [0.25, 0.3) is 0 Å². The molecule has 1 aromatic heterocycles. The summed E-state index contributed by atoms with van der Waals surface area (Å²) in [4.78, 5) is 43.4. The molecule has 1 N–H and O–H groups in total. The molecule has 28 heavy (non-hydrogen) atoms.